The maximum atomic E-state index is 13.2. The van der Waals surface area contributed by atoms with Crippen molar-refractivity contribution in [3.8, 4) is 5.75 Å². The van der Waals surface area contributed by atoms with Gasteiger partial charge in [0, 0.05) is 26.3 Å². The molecule has 0 unspecified atom stereocenters. The Morgan fingerprint density at radius 3 is 2.55 bits per heavy atom. The van der Waals surface area contributed by atoms with E-state index < -0.39 is 0 Å². The van der Waals surface area contributed by atoms with Crippen molar-refractivity contribution >= 4 is 29.9 Å². The monoisotopic (exact) mass is 534 g/mol. The first-order valence-corrected chi connectivity index (χ1v) is 9.95. The minimum absolute atomic E-state index is 0. The van der Waals surface area contributed by atoms with Crippen molar-refractivity contribution in [2.75, 3.05) is 13.6 Å². The molecule has 2 N–H and O–H groups in total. The van der Waals surface area contributed by atoms with E-state index in [0.29, 0.717) is 19.7 Å². The number of nitrogens with one attached hydrogen (secondary N) is 2. The number of nitrogens with zero attached hydrogens (tertiary/aromatic N) is 2. The predicted molar refractivity (Wildman–Crippen MR) is 133 cm³/mol. The van der Waals surface area contributed by atoms with Crippen molar-refractivity contribution in [3.05, 3.63) is 95.1 Å². The molecule has 31 heavy (non-hydrogen) atoms. The lowest BCUT2D eigenvalue weighted by molar-refractivity contribution is 0.301. The highest BCUT2D eigenvalue weighted by Crippen LogP contribution is 2.14. The van der Waals surface area contributed by atoms with E-state index in [1.165, 1.54) is 6.07 Å². The Morgan fingerprint density at radius 2 is 1.87 bits per heavy atom. The second-order valence-electron chi connectivity index (χ2n) is 6.93. The lowest BCUT2D eigenvalue weighted by atomic mass is 10.1. The maximum absolute atomic E-state index is 13.2. The summed E-state index contributed by atoms with van der Waals surface area (Å²) in [5.41, 5.74) is 4.11. The number of ether oxygens (including phenoxy) is 1. The molecule has 1 aromatic heterocycles. The Hall–Kier alpha value is -2.68. The standard InChI is InChI=1S/C24H27FN4O.HI/c1-18-15-21(25)9-8-20(18)12-14-28-24(26-2)29-16-19-6-10-23(11-7-19)30-17-22-5-3-4-13-27-22;/h3-11,13,15H,12,14,16-17H2,1-2H3,(H2,26,28,29);1H. The fraction of sp³-hybridized carbons (Fsp3) is 0.250. The number of hydrogen-bond acceptors (Lipinski definition) is 3. The summed E-state index contributed by atoms with van der Waals surface area (Å²) in [6, 6.07) is 18.6. The number of pyridine rings is 1. The van der Waals surface area contributed by atoms with Crippen LogP contribution >= 0.6 is 24.0 Å². The fourth-order valence-corrected chi connectivity index (χ4v) is 3.01. The van der Waals surface area contributed by atoms with E-state index in [9.17, 15) is 4.39 Å². The summed E-state index contributed by atoms with van der Waals surface area (Å²) in [7, 11) is 1.74. The van der Waals surface area contributed by atoms with Crippen LogP contribution in [0.2, 0.25) is 0 Å². The molecule has 5 nitrogen and oxygen atoms in total. The van der Waals surface area contributed by atoms with Gasteiger partial charge < -0.3 is 15.4 Å². The van der Waals surface area contributed by atoms with Gasteiger partial charge in [-0.15, -0.1) is 24.0 Å². The molecule has 0 aliphatic heterocycles. The van der Waals surface area contributed by atoms with Gasteiger partial charge in [0.1, 0.15) is 18.2 Å². The average Bonchev–Trinajstić information content (AvgIpc) is 2.77. The molecule has 0 spiro atoms. The minimum Gasteiger partial charge on any atom is -0.487 e. The number of hydrogen-bond donors (Lipinski definition) is 2. The van der Waals surface area contributed by atoms with Crippen LogP contribution in [0.3, 0.4) is 0 Å². The maximum Gasteiger partial charge on any atom is 0.191 e. The number of rotatable bonds is 8. The number of benzene rings is 2. The molecule has 164 valence electrons. The Balaban J connectivity index is 0.00000341. The van der Waals surface area contributed by atoms with Crippen molar-refractivity contribution in [2.45, 2.75) is 26.5 Å². The summed E-state index contributed by atoms with van der Waals surface area (Å²) >= 11 is 0. The van der Waals surface area contributed by atoms with Crippen LogP contribution in [0, 0.1) is 12.7 Å². The molecule has 0 atom stereocenters. The van der Waals surface area contributed by atoms with Crippen LogP contribution in [0.25, 0.3) is 0 Å². The molecule has 0 amide bonds. The quantitative estimate of drug-likeness (QED) is 0.251. The summed E-state index contributed by atoms with van der Waals surface area (Å²) < 4.78 is 19.0. The molecule has 0 bridgehead atoms. The van der Waals surface area contributed by atoms with E-state index in [2.05, 4.69) is 20.6 Å². The summed E-state index contributed by atoms with van der Waals surface area (Å²) in [6.07, 6.45) is 2.56. The van der Waals surface area contributed by atoms with Crippen LogP contribution in [-0.2, 0) is 19.6 Å². The third-order valence-corrected chi connectivity index (χ3v) is 4.71. The molecule has 1 heterocycles. The van der Waals surface area contributed by atoms with Gasteiger partial charge in [0.15, 0.2) is 5.96 Å². The van der Waals surface area contributed by atoms with Crippen LogP contribution in [0.15, 0.2) is 71.9 Å². The van der Waals surface area contributed by atoms with Gasteiger partial charge in [0.05, 0.1) is 5.69 Å². The second kappa shape index (κ2) is 12.9. The molecule has 3 rings (SSSR count). The van der Waals surface area contributed by atoms with Crippen LogP contribution in [0.4, 0.5) is 4.39 Å². The molecule has 0 saturated heterocycles. The highest BCUT2D eigenvalue weighted by Gasteiger charge is 2.03. The van der Waals surface area contributed by atoms with Crippen molar-refractivity contribution in [1.29, 1.82) is 0 Å². The normalized spacial score (nSPS) is 10.9. The molecule has 0 aliphatic rings. The lowest BCUT2D eigenvalue weighted by Gasteiger charge is -2.13. The van der Waals surface area contributed by atoms with E-state index in [0.717, 1.165) is 40.5 Å². The Morgan fingerprint density at radius 1 is 1.06 bits per heavy atom. The van der Waals surface area contributed by atoms with Gasteiger partial charge in [0.2, 0.25) is 0 Å². The average molecular weight is 534 g/mol. The van der Waals surface area contributed by atoms with E-state index in [-0.39, 0.29) is 29.8 Å². The molecule has 7 heteroatoms. The number of aryl methyl sites for hydroxylation is 1. The third-order valence-electron chi connectivity index (χ3n) is 4.71. The molecule has 0 fully saturated rings. The second-order valence-corrected chi connectivity index (χ2v) is 6.93. The van der Waals surface area contributed by atoms with Crippen LogP contribution in [0.1, 0.15) is 22.4 Å². The Labute approximate surface area is 200 Å². The van der Waals surface area contributed by atoms with E-state index in [4.69, 9.17) is 4.74 Å². The largest absolute Gasteiger partial charge is 0.487 e. The van der Waals surface area contributed by atoms with Crippen molar-refractivity contribution in [3.63, 3.8) is 0 Å². The van der Waals surface area contributed by atoms with E-state index in [1.54, 1.807) is 19.3 Å². The SMILES string of the molecule is CN=C(NCCc1ccc(F)cc1C)NCc1ccc(OCc2ccccn2)cc1.I. The summed E-state index contributed by atoms with van der Waals surface area (Å²) in [6.45, 7) is 3.74. The number of halogens is 2. The molecule has 3 aromatic rings. The molecule has 0 radical (unpaired) electrons. The van der Waals surface area contributed by atoms with Gasteiger partial charge in [-0.3, -0.25) is 9.98 Å². The molecule has 0 saturated carbocycles. The first kappa shape index (κ1) is 24.6. The molecule has 2 aromatic carbocycles. The molecule has 0 aliphatic carbocycles. The van der Waals surface area contributed by atoms with Gasteiger partial charge in [-0.25, -0.2) is 4.39 Å². The van der Waals surface area contributed by atoms with Crippen LogP contribution in [0.5, 0.6) is 5.75 Å². The highest BCUT2D eigenvalue weighted by atomic mass is 127. The fourth-order valence-electron chi connectivity index (χ4n) is 3.01. The summed E-state index contributed by atoms with van der Waals surface area (Å²) in [5.74, 6) is 1.33. The van der Waals surface area contributed by atoms with Gasteiger partial charge >= 0.3 is 0 Å². The summed E-state index contributed by atoms with van der Waals surface area (Å²) in [4.78, 5) is 8.50. The van der Waals surface area contributed by atoms with Crippen molar-refractivity contribution < 1.29 is 9.13 Å². The zero-order chi connectivity index (χ0) is 21.2. The number of guanidine groups is 1. The van der Waals surface area contributed by atoms with E-state index in [1.807, 2.05) is 55.5 Å². The zero-order valence-corrected chi connectivity index (χ0v) is 20.1. The topological polar surface area (TPSA) is 58.5 Å². The van der Waals surface area contributed by atoms with Gasteiger partial charge in [-0.1, -0.05) is 24.3 Å². The Kier molecular flexibility index (Phi) is 10.2. The summed E-state index contributed by atoms with van der Waals surface area (Å²) in [5, 5.41) is 6.59. The smallest absolute Gasteiger partial charge is 0.191 e. The van der Waals surface area contributed by atoms with Gasteiger partial charge in [-0.2, -0.15) is 0 Å². The van der Waals surface area contributed by atoms with E-state index >= 15 is 0 Å². The predicted octanol–water partition coefficient (Wildman–Crippen LogP) is 4.63. The van der Waals surface area contributed by atoms with Crippen LogP contribution < -0.4 is 15.4 Å². The highest BCUT2D eigenvalue weighted by molar-refractivity contribution is 14.0. The van der Waals surface area contributed by atoms with Crippen LogP contribution in [-0.4, -0.2) is 24.5 Å². The Bertz CT molecular complexity index is 965. The minimum atomic E-state index is -0.199. The number of aromatic nitrogens is 1. The van der Waals surface area contributed by atoms with Gasteiger partial charge in [-0.05, 0) is 66.4 Å². The first-order chi connectivity index (χ1) is 14.6. The molecular formula is C24H28FIN4O. The van der Waals surface area contributed by atoms with Crippen molar-refractivity contribution in [1.82, 2.24) is 15.6 Å². The van der Waals surface area contributed by atoms with Gasteiger partial charge in [0.25, 0.3) is 0 Å². The first-order valence-electron chi connectivity index (χ1n) is 9.95. The zero-order valence-electron chi connectivity index (χ0n) is 17.8. The molecular weight excluding hydrogens is 506 g/mol. The van der Waals surface area contributed by atoms with Crippen molar-refractivity contribution in [2.24, 2.45) is 4.99 Å². The lowest BCUT2D eigenvalue weighted by Crippen LogP contribution is -2.37. The third kappa shape index (κ3) is 8.16. The number of aliphatic imine (C=N–C) groups is 1.